The van der Waals surface area contributed by atoms with Gasteiger partial charge in [0.05, 0.1) is 11.8 Å². The van der Waals surface area contributed by atoms with Crippen LogP contribution in [0.4, 0.5) is 4.39 Å². The van der Waals surface area contributed by atoms with Crippen molar-refractivity contribution >= 4 is 23.4 Å². The van der Waals surface area contributed by atoms with Crippen molar-refractivity contribution in [2.45, 2.75) is 25.3 Å². The Kier molecular flexibility index (Phi) is 4.31. The van der Waals surface area contributed by atoms with Gasteiger partial charge < -0.3 is 10.6 Å². The van der Waals surface area contributed by atoms with Crippen molar-refractivity contribution < 1.29 is 14.0 Å². The van der Waals surface area contributed by atoms with E-state index in [0.29, 0.717) is 6.04 Å². The summed E-state index contributed by atoms with van der Waals surface area (Å²) >= 11 is 5.69. The highest BCUT2D eigenvalue weighted by Crippen LogP contribution is 2.18. The van der Waals surface area contributed by atoms with E-state index in [2.05, 4.69) is 15.6 Å². The van der Waals surface area contributed by atoms with E-state index in [0.717, 1.165) is 25.1 Å². The maximum atomic E-state index is 12.9. The van der Waals surface area contributed by atoms with Gasteiger partial charge in [-0.15, -0.1) is 0 Å². The van der Waals surface area contributed by atoms with Crippen molar-refractivity contribution in [1.82, 2.24) is 15.6 Å². The van der Waals surface area contributed by atoms with Crippen LogP contribution in [0.15, 0.2) is 12.3 Å². The van der Waals surface area contributed by atoms with E-state index in [4.69, 9.17) is 11.6 Å². The molecule has 0 aromatic carbocycles. The Balaban J connectivity index is 1.80. The molecule has 0 unspecified atom stereocenters. The third kappa shape index (κ3) is 4.17. The van der Waals surface area contributed by atoms with Gasteiger partial charge in [-0.3, -0.25) is 9.59 Å². The summed E-state index contributed by atoms with van der Waals surface area (Å²) in [5.41, 5.74) is -0.0377. The van der Waals surface area contributed by atoms with Gasteiger partial charge >= 0.3 is 0 Å². The number of rotatable bonds is 5. The first-order chi connectivity index (χ1) is 9.06. The molecule has 19 heavy (non-hydrogen) atoms. The molecule has 2 amide bonds. The number of hydrogen-bond acceptors (Lipinski definition) is 3. The van der Waals surface area contributed by atoms with Gasteiger partial charge in [0.1, 0.15) is 11.0 Å². The molecule has 2 rings (SSSR count). The van der Waals surface area contributed by atoms with E-state index in [9.17, 15) is 14.0 Å². The van der Waals surface area contributed by atoms with E-state index in [1.54, 1.807) is 0 Å². The minimum Gasteiger partial charge on any atom is -0.353 e. The van der Waals surface area contributed by atoms with Crippen molar-refractivity contribution in [3.63, 3.8) is 0 Å². The maximum Gasteiger partial charge on any atom is 0.254 e. The second-order valence-electron chi connectivity index (χ2n) is 4.34. The fraction of sp³-hybridized carbons (Fsp3) is 0.417. The molecular formula is C12H13ClFN3O2. The molecule has 1 heterocycles. The van der Waals surface area contributed by atoms with Crippen LogP contribution in [0.1, 0.15) is 29.6 Å². The molecule has 0 saturated heterocycles. The van der Waals surface area contributed by atoms with Crippen LogP contribution >= 0.6 is 11.6 Å². The minimum absolute atomic E-state index is 0.0377. The largest absolute Gasteiger partial charge is 0.353 e. The highest BCUT2D eigenvalue weighted by atomic mass is 35.5. The van der Waals surface area contributed by atoms with Crippen molar-refractivity contribution in [1.29, 1.82) is 0 Å². The number of amides is 2. The summed E-state index contributed by atoms with van der Waals surface area (Å²) in [6.45, 7) is 0.171. The summed E-state index contributed by atoms with van der Waals surface area (Å²) in [6, 6.07) is 1.31. The molecule has 0 radical (unpaired) electrons. The average molecular weight is 286 g/mol. The summed E-state index contributed by atoms with van der Waals surface area (Å²) in [6.07, 6.45) is 3.15. The SMILES string of the molecule is O=C(CCNC(=O)c1cc(F)cnc1Cl)NC1CC1. The minimum atomic E-state index is -0.638. The smallest absolute Gasteiger partial charge is 0.254 e. The van der Waals surface area contributed by atoms with Gasteiger partial charge in [-0.25, -0.2) is 9.37 Å². The Morgan fingerprint density at radius 1 is 1.47 bits per heavy atom. The standard InChI is InChI=1S/C12H13ClFN3O2/c13-11-9(5-7(14)6-16-11)12(19)15-4-3-10(18)17-8-1-2-8/h5-6,8H,1-4H2,(H,15,19)(H,17,18). The summed E-state index contributed by atoms with van der Waals surface area (Å²) in [7, 11) is 0. The predicted molar refractivity (Wildman–Crippen MR) is 67.3 cm³/mol. The molecule has 0 aliphatic heterocycles. The van der Waals surface area contributed by atoms with Gasteiger partial charge in [0.2, 0.25) is 5.91 Å². The van der Waals surface area contributed by atoms with Crippen LogP contribution in [0.2, 0.25) is 5.15 Å². The fourth-order valence-corrected chi connectivity index (χ4v) is 1.68. The molecule has 102 valence electrons. The Labute approximate surface area is 114 Å². The predicted octanol–water partition coefficient (Wildman–Crippen LogP) is 1.27. The Hall–Kier alpha value is -1.69. The third-order valence-corrected chi connectivity index (χ3v) is 2.93. The second-order valence-corrected chi connectivity index (χ2v) is 4.70. The summed E-state index contributed by atoms with van der Waals surface area (Å²) in [5, 5.41) is 5.23. The Bertz CT molecular complexity index is 506. The van der Waals surface area contributed by atoms with Crippen LogP contribution < -0.4 is 10.6 Å². The molecule has 1 fully saturated rings. The summed E-state index contributed by atoms with van der Waals surface area (Å²) < 4.78 is 12.9. The zero-order valence-corrected chi connectivity index (χ0v) is 10.8. The quantitative estimate of drug-likeness (QED) is 0.801. The first kappa shape index (κ1) is 13.7. The topological polar surface area (TPSA) is 71.1 Å². The molecule has 5 nitrogen and oxygen atoms in total. The van der Waals surface area contributed by atoms with E-state index >= 15 is 0 Å². The molecule has 7 heteroatoms. The number of carbonyl (C=O) groups is 2. The molecule has 0 bridgehead atoms. The van der Waals surface area contributed by atoms with Gasteiger partial charge in [-0.1, -0.05) is 11.6 Å². The van der Waals surface area contributed by atoms with Crippen molar-refractivity contribution in [2.24, 2.45) is 0 Å². The number of nitrogens with one attached hydrogen (secondary N) is 2. The fourth-order valence-electron chi connectivity index (χ4n) is 1.49. The van der Waals surface area contributed by atoms with Gasteiger partial charge in [-0.2, -0.15) is 0 Å². The number of carbonyl (C=O) groups excluding carboxylic acids is 2. The first-order valence-electron chi connectivity index (χ1n) is 5.95. The van der Waals surface area contributed by atoms with E-state index in [-0.39, 0.29) is 29.6 Å². The van der Waals surface area contributed by atoms with Crippen LogP contribution in [0, 0.1) is 5.82 Å². The third-order valence-electron chi connectivity index (χ3n) is 2.63. The van der Waals surface area contributed by atoms with E-state index < -0.39 is 11.7 Å². The molecule has 0 atom stereocenters. The van der Waals surface area contributed by atoms with Crippen LogP contribution in [0.25, 0.3) is 0 Å². The number of hydrogen-bond donors (Lipinski definition) is 2. The molecule has 1 aliphatic carbocycles. The van der Waals surface area contributed by atoms with Crippen LogP contribution in [-0.2, 0) is 4.79 Å². The van der Waals surface area contributed by atoms with Gasteiger partial charge in [0, 0.05) is 19.0 Å². The van der Waals surface area contributed by atoms with Crippen molar-refractivity contribution in [3.05, 3.63) is 28.8 Å². The van der Waals surface area contributed by atoms with E-state index in [1.165, 1.54) is 0 Å². The van der Waals surface area contributed by atoms with Gasteiger partial charge in [0.15, 0.2) is 0 Å². The molecule has 1 saturated carbocycles. The lowest BCUT2D eigenvalue weighted by atomic mass is 10.2. The number of halogens is 2. The zero-order valence-electron chi connectivity index (χ0n) is 10.1. The first-order valence-corrected chi connectivity index (χ1v) is 6.32. The number of pyridine rings is 1. The monoisotopic (exact) mass is 285 g/mol. The van der Waals surface area contributed by atoms with Crippen LogP contribution in [-0.4, -0.2) is 29.4 Å². The van der Waals surface area contributed by atoms with Gasteiger partial charge in [-0.05, 0) is 18.9 Å². The molecule has 1 aromatic heterocycles. The number of nitrogens with zero attached hydrogens (tertiary/aromatic N) is 1. The molecule has 2 N–H and O–H groups in total. The average Bonchev–Trinajstić information content (AvgIpc) is 3.16. The Morgan fingerprint density at radius 2 is 2.21 bits per heavy atom. The molecule has 0 spiro atoms. The Morgan fingerprint density at radius 3 is 2.89 bits per heavy atom. The van der Waals surface area contributed by atoms with Crippen LogP contribution in [0.5, 0.6) is 0 Å². The zero-order chi connectivity index (χ0) is 13.8. The highest BCUT2D eigenvalue weighted by Gasteiger charge is 2.23. The lowest BCUT2D eigenvalue weighted by Gasteiger charge is -2.06. The lowest BCUT2D eigenvalue weighted by Crippen LogP contribution is -2.31. The van der Waals surface area contributed by atoms with Crippen molar-refractivity contribution in [2.75, 3.05) is 6.54 Å². The second kappa shape index (κ2) is 5.97. The van der Waals surface area contributed by atoms with Crippen molar-refractivity contribution in [3.8, 4) is 0 Å². The summed E-state index contributed by atoms with van der Waals surface area (Å²) in [4.78, 5) is 26.6. The highest BCUT2D eigenvalue weighted by molar-refractivity contribution is 6.32. The normalized spacial score (nSPS) is 14.0. The van der Waals surface area contributed by atoms with E-state index in [1.807, 2.05) is 0 Å². The number of aromatic nitrogens is 1. The van der Waals surface area contributed by atoms with Crippen LogP contribution in [0.3, 0.4) is 0 Å². The summed E-state index contributed by atoms with van der Waals surface area (Å²) in [5.74, 6) is -1.29. The molecular weight excluding hydrogens is 273 g/mol. The molecule has 1 aliphatic rings. The van der Waals surface area contributed by atoms with Gasteiger partial charge in [0.25, 0.3) is 5.91 Å². The molecule has 1 aromatic rings. The maximum absolute atomic E-state index is 12.9. The lowest BCUT2D eigenvalue weighted by molar-refractivity contribution is -0.121.